The van der Waals surface area contributed by atoms with Crippen LogP contribution in [-0.2, 0) is 4.79 Å². The number of hydrogen-bond donors (Lipinski definition) is 1. The fourth-order valence-corrected chi connectivity index (χ4v) is 2.58. The average Bonchev–Trinajstić information content (AvgIpc) is 2.70. The Kier molecular flexibility index (Phi) is 3.39. The Labute approximate surface area is 113 Å². The molecule has 1 amide bonds. The van der Waals surface area contributed by atoms with Crippen LogP contribution in [0.4, 0.5) is 5.69 Å². The molecule has 1 fully saturated rings. The van der Waals surface area contributed by atoms with Crippen LogP contribution in [0.25, 0.3) is 0 Å². The molecule has 1 unspecified atom stereocenters. The molecule has 1 aliphatic heterocycles. The normalized spacial score (nSPS) is 18.8. The Bertz CT molecular complexity index is 562. The highest BCUT2D eigenvalue weighted by Crippen LogP contribution is 2.34. The fraction of sp³-hybridized carbons (Fsp3) is 0.231. The highest BCUT2D eigenvalue weighted by Gasteiger charge is 2.32. The maximum Gasteiger partial charge on any atom is 0.337 e. The standard InChI is InChI=1S/C13H10BrNO3/c1-2-8-6-11(16)15(7-8)12-9(13(17)18)4-3-5-10(12)14/h1,3-5,8H,6-7H2,(H,17,18). The summed E-state index contributed by atoms with van der Waals surface area (Å²) < 4.78 is 0.577. The first-order valence-corrected chi connectivity index (χ1v) is 6.12. The van der Waals surface area contributed by atoms with Crippen LogP contribution in [0.1, 0.15) is 16.8 Å². The van der Waals surface area contributed by atoms with Crippen molar-refractivity contribution in [2.24, 2.45) is 5.92 Å². The molecule has 4 nitrogen and oxygen atoms in total. The molecule has 0 aromatic heterocycles. The average molecular weight is 308 g/mol. The van der Waals surface area contributed by atoms with E-state index < -0.39 is 5.97 Å². The highest BCUT2D eigenvalue weighted by molar-refractivity contribution is 9.10. The number of carbonyl (C=O) groups is 2. The zero-order valence-corrected chi connectivity index (χ0v) is 11.0. The third-order valence-corrected chi connectivity index (χ3v) is 3.49. The topological polar surface area (TPSA) is 57.6 Å². The second kappa shape index (κ2) is 4.83. The van der Waals surface area contributed by atoms with Crippen molar-refractivity contribution in [3.8, 4) is 12.3 Å². The Hall–Kier alpha value is -1.80. The van der Waals surface area contributed by atoms with E-state index in [9.17, 15) is 9.59 Å². The monoisotopic (exact) mass is 307 g/mol. The van der Waals surface area contributed by atoms with Gasteiger partial charge in [0.1, 0.15) is 0 Å². The first kappa shape index (κ1) is 12.7. The minimum atomic E-state index is -1.07. The van der Waals surface area contributed by atoms with E-state index in [0.29, 0.717) is 16.7 Å². The number of carbonyl (C=O) groups excluding carboxylic acids is 1. The van der Waals surface area contributed by atoms with Crippen molar-refractivity contribution >= 4 is 33.5 Å². The van der Waals surface area contributed by atoms with Gasteiger partial charge in [-0.05, 0) is 28.1 Å². The van der Waals surface area contributed by atoms with Crippen LogP contribution in [0.15, 0.2) is 22.7 Å². The van der Waals surface area contributed by atoms with Crippen molar-refractivity contribution in [1.82, 2.24) is 0 Å². The van der Waals surface area contributed by atoms with Gasteiger partial charge in [0.25, 0.3) is 0 Å². The molecule has 18 heavy (non-hydrogen) atoms. The van der Waals surface area contributed by atoms with E-state index >= 15 is 0 Å². The number of hydrogen-bond acceptors (Lipinski definition) is 2. The van der Waals surface area contributed by atoms with Crippen molar-refractivity contribution in [3.63, 3.8) is 0 Å². The summed E-state index contributed by atoms with van der Waals surface area (Å²) in [7, 11) is 0. The SMILES string of the molecule is C#CC1CC(=O)N(c2c(Br)cccc2C(=O)O)C1. The molecule has 92 valence electrons. The second-order valence-electron chi connectivity index (χ2n) is 4.01. The van der Waals surface area contributed by atoms with Crippen molar-refractivity contribution in [2.75, 3.05) is 11.4 Å². The third kappa shape index (κ3) is 2.12. The van der Waals surface area contributed by atoms with Crippen LogP contribution in [-0.4, -0.2) is 23.5 Å². The summed E-state index contributed by atoms with van der Waals surface area (Å²) in [5.41, 5.74) is 0.475. The molecule has 0 spiro atoms. The molecule has 0 bridgehead atoms. The van der Waals surface area contributed by atoms with Gasteiger partial charge in [0.15, 0.2) is 0 Å². The van der Waals surface area contributed by atoms with Crippen LogP contribution in [0.5, 0.6) is 0 Å². The number of anilines is 1. The van der Waals surface area contributed by atoms with Crippen molar-refractivity contribution in [1.29, 1.82) is 0 Å². The van der Waals surface area contributed by atoms with Crippen LogP contribution < -0.4 is 4.90 Å². The lowest BCUT2D eigenvalue weighted by Gasteiger charge is -2.19. The van der Waals surface area contributed by atoms with Gasteiger partial charge < -0.3 is 10.0 Å². The van der Waals surface area contributed by atoms with Crippen LogP contribution in [0.3, 0.4) is 0 Å². The zero-order chi connectivity index (χ0) is 13.3. The quantitative estimate of drug-likeness (QED) is 0.852. The van der Waals surface area contributed by atoms with Gasteiger partial charge in [-0.3, -0.25) is 4.79 Å². The van der Waals surface area contributed by atoms with E-state index in [1.54, 1.807) is 12.1 Å². The minimum Gasteiger partial charge on any atom is -0.478 e. The lowest BCUT2D eigenvalue weighted by atomic mass is 10.1. The maximum atomic E-state index is 11.9. The largest absolute Gasteiger partial charge is 0.478 e. The van der Waals surface area contributed by atoms with Crippen molar-refractivity contribution in [2.45, 2.75) is 6.42 Å². The molecular formula is C13H10BrNO3. The second-order valence-corrected chi connectivity index (χ2v) is 4.87. The summed E-state index contributed by atoms with van der Waals surface area (Å²) >= 11 is 3.29. The predicted molar refractivity (Wildman–Crippen MR) is 70.4 cm³/mol. The van der Waals surface area contributed by atoms with Gasteiger partial charge in [0.05, 0.1) is 11.3 Å². The van der Waals surface area contributed by atoms with Gasteiger partial charge in [-0.25, -0.2) is 4.79 Å². The molecule has 1 N–H and O–H groups in total. The number of carboxylic acids is 1. The lowest BCUT2D eigenvalue weighted by molar-refractivity contribution is -0.117. The summed E-state index contributed by atoms with van der Waals surface area (Å²) in [6, 6.07) is 4.80. The van der Waals surface area contributed by atoms with E-state index in [4.69, 9.17) is 11.5 Å². The predicted octanol–water partition coefficient (Wildman–Crippen LogP) is 2.13. The molecule has 1 aromatic rings. The Morgan fingerprint density at radius 2 is 2.28 bits per heavy atom. The molecule has 1 saturated heterocycles. The fourth-order valence-electron chi connectivity index (χ4n) is 2.00. The smallest absolute Gasteiger partial charge is 0.337 e. The Balaban J connectivity index is 2.49. The number of aromatic carboxylic acids is 1. The molecule has 5 heteroatoms. The van der Waals surface area contributed by atoms with Crippen molar-refractivity contribution < 1.29 is 14.7 Å². The zero-order valence-electron chi connectivity index (χ0n) is 9.39. The maximum absolute atomic E-state index is 11.9. The summed E-state index contributed by atoms with van der Waals surface area (Å²) in [6.45, 7) is 0.359. The molecule has 0 saturated carbocycles. The summed E-state index contributed by atoms with van der Waals surface area (Å²) in [5, 5.41) is 9.16. The third-order valence-electron chi connectivity index (χ3n) is 2.85. The number of halogens is 1. The van der Waals surface area contributed by atoms with Crippen molar-refractivity contribution in [3.05, 3.63) is 28.2 Å². The lowest BCUT2D eigenvalue weighted by Crippen LogP contribution is -2.26. The van der Waals surface area contributed by atoms with Gasteiger partial charge in [0.2, 0.25) is 5.91 Å². The molecule has 1 heterocycles. The van der Waals surface area contributed by atoms with Gasteiger partial charge in [-0.1, -0.05) is 6.07 Å². The summed E-state index contributed by atoms with van der Waals surface area (Å²) in [5.74, 6) is 1.16. The number of rotatable bonds is 2. The number of nitrogens with zero attached hydrogens (tertiary/aromatic N) is 1. The molecule has 2 rings (SSSR count). The minimum absolute atomic E-state index is 0.0930. The highest BCUT2D eigenvalue weighted by atomic mass is 79.9. The molecule has 1 aliphatic rings. The van der Waals surface area contributed by atoms with Crippen LogP contribution in [0, 0.1) is 18.3 Å². The first-order valence-electron chi connectivity index (χ1n) is 5.33. The number of benzene rings is 1. The molecule has 0 aliphatic carbocycles. The summed E-state index contributed by atoms with van der Waals surface area (Å²) in [4.78, 5) is 24.5. The van der Waals surface area contributed by atoms with Crippen LogP contribution in [0.2, 0.25) is 0 Å². The van der Waals surface area contributed by atoms with E-state index in [-0.39, 0.29) is 23.8 Å². The molecular weight excluding hydrogens is 298 g/mol. The van der Waals surface area contributed by atoms with Gasteiger partial charge in [-0.15, -0.1) is 12.3 Å². The van der Waals surface area contributed by atoms with E-state index in [2.05, 4.69) is 21.9 Å². The van der Waals surface area contributed by atoms with E-state index in [1.807, 2.05) is 0 Å². The van der Waals surface area contributed by atoms with Gasteiger partial charge in [-0.2, -0.15) is 0 Å². The molecule has 0 radical (unpaired) electrons. The summed E-state index contributed by atoms with van der Waals surface area (Å²) in [6.07, 6.45) is 5.58. The molecule has 1 aromatic carbocycles. The van der Waals surface area contributed by atoms with Gasteiger partial charge >= 0.3 is 5.97 Å². The first-order chi connectivity index (χ1) is 8.54. The number of amides is 1. The Morgan fingerprint density at radius 3 is 2.83 bits per heavy atom. The number of terminal acetylenes is 1. The van der Waals surface area contributed by atoms with Gasteiger partial charge in [0, 0.05) is 23.4 Å². The number of para-hydroxylation sites is 1. The Morgan fingerprint density at radius 1 is 1.56 bits per heavy atom. The molecule has 1 atom stereocenters. The van der Waals surface area contributed by atoms with Crippen LogP contribution >= 0.6 is 15.9 Å². The number of carboxylic acid groups (broad SMARTS) is 1. The van der Waals surface area contributed by atoms with E-state index in [1.165, 1.54) is 11.0 Å². The van der Waals surface area contributed by atoms with E-state index in [0.717, 1.165) is 0 Å².